The average Bonchev–Trinajstić information content (AvgIpc) is 3.33. The zero-order chi connectivity index (χ0) is 14.7. The summed E-state index contributed by atoms with van der Waals surface area (Å²) in [6.07, 6.45) is 7.02. The highest BCUT2D eigenvalue weighted by Gasteiger charge is 2.19. The molecule has 0 atom stereocenters. The van der Waals surface area contributed by atoms with Gasteiger partial charge in [0.25, 0.3) is 0 Å². The quantitative estimate of drug-likeness (QED) is 0.883. The molecular formula is C16H18ClN3O. The fourth-order valence-electron chi connectivity index (χ4n) is 2.03. The number of nitrogens with one attached hydrogen (secondary N) is 1. The topological polar surface area (TPSA) is 47.0 Å². The molecule has 0 unspecified atom stereocenters. The number of nitrogens with zero attached hydrogens (tertiary/aromatic N) is 2. The van der Waals surface area contributed by atoms with Crippen molar-refractivity contribution in [2.75, 3.05) is 0 Å². The zero-order valence-electron chi connectivity index (χ0n) is 12.0. The molecule has 0 radical (unpaired) electrons. The first-order chi connectivity index (χ1) is 10.2. The number of rotatable bonds is 6. The minimum Gasteiger partial charge on any atom is -0.424 e. The predicted molar refractivity (Wildman–Crippen MR) is 82.8 cm³/mol. The van der Waals surface area contributed by atoms with E-state index < -0.39 is 0 Å². The van der Waals surface area contributed by atoms with E-state index in [-0.39, 0.29) is 0 Å². The van der Waals surface area contributed by atoms with Crippen LogP contribution < -0.4 is 10.1 Å². The molecule has 3 rings (SSSR count). The van der Waals surface area contributed by atoms with Crippen LogP contribution in [0.25, 0.3) is 0 Å². The summed E-state index contributed by atoms with van der Waals surface area (Å²) in [7, 11) is 0. The van der Waals surface area contributed by atoms with Crippen LogP contribution in [-0.2, 0) is 13.0 Å². The Morgan fingerprint density at radius 1 is 1.29 bits per heavy atom. The van der Waals surface area contributed by atoms with Crippen molar-refractivity contribution in [1.82, 2.24) is 15.3 Å². The summed E-state index contributed by atoms with van der Waals surface area (Å²) in [5, 5.41) is 4.18. The van der Waals surface area contributed by atoms with Gasteiger partial charge in [-0.25, -0.2) is 9.97 Å². The van der Waals surface area contributed by atoms with Gasteiger partial charge < -0.3 is 10.1 Å². The summed E-state index contributed by atoms with van der Waals surface area (Å²) < 4.78 is 5.67. The molecule has 1 aromatic carbocycles. The minimum atomic E-state index is 0.356. The van der Waals surface area contributed by atoms with Crippen LogP contribution >= 0.6 is 11.6 Å². The Bertz CT molecular complexity index is 611. The largest absolute Gasteiger partial charge is 0.424 e. The molecule has 2 aromatic rings. The number of benzene rings is 1. The van der Waals surface area contributed by atoms with E-state index in [1.165, 1.54) is 12.8 Å². The van der Waals surface area contributed by atoms with Gasteiger partial charge in [0, 0.05) is 35.6 Å². The number of ether oxygens (including phenoxy) is 1. The molecule has 1 saturated carbocycles. The number of aryl methyl sites for hydroxylation is 1. The number of hydrogen-bond acceptors (Lipinski definition) is 4. The Labute approximate surface area is 129 Å². The van der Waals surface area contributed by atoms with E-state index in [0.717, 1.165) is 29.1 Å². The van der Waals surface area contributed by atoms with Crippen molar-refractivity contribution >= 4 is 11.6 Å². The summed E-state index contributed by atoms with van der Waals surface area (Å²) in [4.78, 5) is 8.49. The van der Waals surface area contributed by atoms with Gasteiger partial charge in [-0.15, -0.1) is 0 Å². The molecule has 1 heterocycles. The second-order valence-electron chi connectivity index (χ2n) is 5.24. The fraction of sp³-hybridized carbons (Fsp3) is 0.375. The molecule has 1 aliphatic carbocycles. The molecule has 0 aliphatic heterocycles. The van der Waals surface area contributed by atoms with Gasteiger partial charge in [0.05, 0.1) is 0 Å². The Hall–Kier alpha value is -1.65. The van der Waals surface area contributed by atoms with E-state index in [1.54, 1.807) is 12.4 Å². The second-order valence-corrected chi connectivity index (χ2v) is 5.65. The van der Waals surface area contributed by atoms with Crippen LogP contribution in [0.1, 0.15) is 30.9 Å². The standard InChI is InChI=1S/C16H18ClN3O/c1-2-12-7-14(5-6-15(12)17)21-16-19-9-11(10-20-16)8-18-13-3-4-13/h5-7,9-10,13,18H,2-4,8H2,1H3. The summed E-state index contributed by atoms with van der Waals surface area (Å²) in [6, 6.07) is 6.63. The van der Waals surface area contributed by atoms with Gasteiger partial charge in [-0.3, -0.25) is 0 Å². The van der Waals surface area contributed by atoms with Crippen LogP contribution in [0, 0.1) is 0 Å². The lowest BCUT2D eigenvalue weighted by atomic mass is 10.1. The third kappa shape index (κ3) is 3.93. The monoisotopic (exact) mass is 303 g/mol. The van der Waals surface area contributed by atoms with Crippen LogP contribution in [0.15, 0.2) is 30.6 Å². The molecule has 5 heteroatoms. The molecule has 0 amide bonds. The van der Waals surface area contributed by atoms with Crippen molar-refractivity contribution in [2.45, 2.75) is 38.8 Å². The van der Waals surface area contributed by atoms with Crippen LogP contribution in [-0.4, -0.2) is 16.0 Å². The SMILES string of the molecule is CCc1cc(Oc2ncc(CNC3CC3)cn2)ccc1Cl. The van der Waals surface area contributed by atoms with E-state index in [0.29, 0.717) is 17.8 Å². The Morgan fingerprint density at radius 2 is 2.05 bits per heavy atom. The van der Waals surface area contributed by atoms with Gasteiger partial charge in [0.2, 0.25) is 0 Å². The predicted octanol–water partition coefficient (Wildman–Crippen LogP) is 3.74. The smallest absolute Gasteiger partial charge is 0.321 e. The van der Waals surface area contributed by atoms with E-state index in [2.05, 4.69) is 22.2 Å². The van der Waals surface area contributed by atoms with Crippen molar-refractivity contribution in [1.29, 1.82) is 0 Å². The molecule has 4 nitrogen and oxygen atoms in total. The molecule has 110 valence electrons. The van der Waals surface area contributed by atoms with E-state index >= 15 is 0 Å². The van der Waals surface area contributed by atoms with Crippen molar-refractivity contribution < 1.29 is 4.74 Å². The first-order valence-electron chi connectivity index (χ1n) is 7.25. The van der Waals surface area contributed by atoms with Crippen molar-refractivity contribution in [3.63, 3.8) is 0 Å². The van der Waals surface area contributed by atoms with Crippen molar-refractivity contribution in [3.05, 3.63) is 46.7 Å². The lowest BCUT2D eigenvalue weighted by Crippen LogP contribution is -2.15. The van der Waals surface area contributed by atoms with Gasteiger partial charge >= 0.3 is 6.01 Å². The Kier molecular flexibility index (Phi) is 4.36. The van der Waals surface area contributed by atoms with E-state index in [4.69, 9.17) is 16.3 Å². The first kappa shape index (κ1) is 14.3. The Morgan fingerprint density at radius 3 is 2.71 bits per heavy atom. The van der Waals surface area contributed by atoms with Gasteiger partial charge in [0.1, 0.15) is 5.75 Å². The first-order valence-corrected chi connectivity index (χ1v) is 7.63. The maximum Gasteiger partial charge on any atom is 0.321 e. The van der Waals surface area contributed by atoms with Gasteiger partial charge in [-0.05, 0) is 43.0 Å². The molecule has 21 heavy (non-hydrogen) atoms. The second kappa shape index (κ2) is 6.41. The number of halogens is 1. The summed E-state index contributed by atoms with van der Waals surface area (Å²) in [6.45, 7) is 2.87. The average molecular weight is 304 g/mol. The highest BCUT2D eigenvalue weighted by Crippen LogP contribution is 2.25. The summed E-state index contributed by atoms with van der Waals surface area (Å²) in [5.41, 5.74) is 2.12. The third-order valence-electron chi connectivity index (χ3n) is 3.46. The third-order valence-corrected chi connectivity index (χ3v) is 3.83. The highest BCUT2D eigenvalue weighted by molar-refractivity contribution is 6.31. The number of aromatic nitrogens is 2. The Balaban J connectivity index is 1.63. The van der Waals surface area contributed by atoms with Crippen molar-refractivity contribution in [3.8, 4) is 11.8 Å². The molecule has 1 fully saturated rings. The van der Waals surface area contributed by atoms with Crippen molar-refractivity contribution in [2.24, 2.45) is 0 Å². The minimum absolute atomic E-state index is 0.356. The van der Waals surface area contributed by atoms with Crippen LogP contribution in [0.3, 0.4) is 0 Å². The normalized spacial score (nSPS) is 14.2. The molecule has 1 N–H and O–H groups in total. The maximum atomic E-state index is 6.09. The molecule has 1 aliphatic rings. The van der Waals surface area contributed by atoms with Gasteiger partial charge in [-0.2, -0.15) is 0 Å². The highest BCUT2D eigenvalue weighted by atomic mass is 35.5. The zero-order valence-corrected chi connectivity index (χ0v) is 12.7. The summed E-state index contributed by atoms with van der Waals surface area (Å²) in [5.74, 6) is 0.708. The van der Waals surface area contributed by atoms with Crippen LogP contribution in [0.4, 0.5) is 0 Å². The lowest BCUT2D eigenvalue weighted by Gasteiger charge is -2.07. The maximum absolute atomic E-state index is 6.09. The van der Waals surface area contributed by atoms with Gasteiger partial charge in [-0.1, -0.05) is 18.5 Å². The molecule has 0 bridgehead atoms. The molecule has 1 aromatic heterocycles. The lowest BCUT2D eigenvalue weighted by molar-refractivity contribution is 0.440. The number of hydrogen-bond donors (Lipinski definition) is 1. The molecule has 0 saturated heterocycles. The van der Waals surface area contributed by atoms with Gasteiger partial charge in [0.15, 0.2) is 0 Å². The molecular weight excluding hydrogens is 286 g/mol. The summed E-state index contributed by atoms with van der Waals surface area (Å²) >= 11 is 6.09. The van der Waals surface area contributed by atoms with Crippen LogP contribution in [0.5, 0.6) is 11.8 Å². The molecule has 0 spiro atoms. The van der Waals surface area contributed by atoms with Crippen LogP contribution in [0.2, 0.25) is 5.02 Å². The fourth-order valence-corrected chi connectivity index (χ4v) is 2.28. The van der Waals surface area contributed by atoms with E-state index in [1.807, 2.05) is 18.2 Å². The van der Waals surface area contributed by atoms with E-state index in [9.17, 15) is 0 Å².